The van der Waals surface area contributed by atoms with Crippen molar-refractivity contribution < 1.29 is 4.74 Å². The number of ether oxygens (including phenoxy) is 1. The molecule has 0 amide bonds. The van der Waals surface area contributed by atoms with Crippen molar-refractivity contribution in [1.82, 2.24) is 0 Å². The van der Waals surface area contributed by atoms with E-state index in [0.717, 1.165) is 27.6 Å². The Hall–Kier alpha value is -1.99. The highest BCUT2D eigenvalue weighted by atomic mass is 35.5. The first kappa shape index (κ1) is 13.0. The molecule has 2 heteroatoms. The molecule has 3 aromatic rings. The van der Waals surface area contributed by atoms with Gasteiger partial charge in [-0.05, 0) is 57.6 Å². The van der Waals surface area contributed by atoms with Gasteiger partial charge in [0.25, 0.3) is 0 Å². The third-order valence-electron chi connectivity index (χ3n) is 3.57. The molecule has 100 valence electrons. The van der Waals surface area contributed by atoms with Crippen LogP contribution in [0, 0.1) is 0 Å². The van der Waals surface area contributed by atoms with E-state index < -0.39 is 0 Å². The average molecular weight is 283 g/mol. The van der Waals surface area contributed by atoms with Crippen LogP contribution >= 0.6 is 11.6 Å². The summed E-state index contributed by atoms with van der Waals surface area (Å²) in [7, 11) is 1.70. The molecule has 0 radical (unpaired) electrons. The predicted octanol–water partition coefficient (Wildman–Crippen LogP) is 5.38. The smallest absolute Gasteiger partial charge is 0.127 e. The maximum atomic E-state index is 5.91. The second kappa shape index (κ2) is 5.18. The van der Waals surface area contributed by atoms with E-state index in [0.29, 0.717) is 5.88 Å². The first-order valence-corrected chi connectivity index (χ1v) is 7.01. The maximum Gasteiger partial charge on any atom is 0.127 e. The number of fused-ring (bicyclic) bond motifs is 2. The molecule has 3 aromatic carbocycles. The maximum absolute atomic E-state index is 5.91. The fourth-order valence-electron chi connectivity index (χ4n) is 2.52. The summed E-state index contributed by atoms with van der Waals surface area (Å²) in [5.41, 5.74) is 2.19. The van der Waals surface area contributed by atoms with Crippen LogP contribution in [0.2, 0.25) is 0 Å². The normalized spacial score (nSPS) is 10.9. The highest BCUT2D eigenvalue weighted by Crippen LogP contribution is 2.32. The Morgan fingerprint density at radius 1 is 1.05 bits per heavy atom. The summed E-state index contributed by atoms with van der Waals surface area (Å²) >= 11 is 5.91. The third kappa shape index (κ3) is 2.14. The van der Waals surface area contributed by atoms with Crippen molar-refractivity contribution in [3.05, 3.63) is 60.2 Å². The summed E-state index contributed by atoms with van der Waals surface area (Å²) in [5, 5.41) is 4.65. The van der Waals surface area contributed by atoms with Gasteiger partial charge in [-0.25, -0.2) is 0 Å². The van der Waals surface area contributed by atoms with Gasteiger partial charge in [0, 0.05) is 11.3 Å². The van der Waals surface area contributed by atoms with Crippen molar-refractivity contribution in [2.45, 2.75) is 5.88 Å². The molecule has 0 N–H and O–H groups in total. The molecule has 0 unspecified atom stereocenters. The topological polar surface area (TPSA) is 9.23 Å². The van der Waals surface area contributed by atoms with Gasteiger partial charge in [0.2, 0.25) is 0 Å². The Kier molecular flexibility index (Phi) is 3.37. The molecule has 0 spiro atoms. The molecule has 0 aliphatic heterocycles. The molecule has 0 bridgehead atoms. The Morgan fingerprint density at radius 3 is 2.60 bits per heavy atom. The molecule has 0 saturated heterocycles. The number of alkyl halides is 1. The largest absolute Gasteiger partial charge is 0.496 e. The molecule has 0 fully saturated rings. The van der Waals surface area contributed by atoms with Crippen molar-refractivity contribution in [2.24, 2.45) is 0 Å². The van der Waals surface area contributed by atoms with Gasteiger partial charge in [0.05, 0.1) is 7.11 Å². The van der Waals surface area contributed by atoms with Crippen molar-refractivity contribution in [3.63, 3.8) is 0 Å². The molecule has 1 nitrogen and oxygen atoms in total. The van der Waals surface area contributed by atoms with Crippen molar-refractivity contribution >= 4 is 39.2 Å². The van der Waals surface area contributed by atoms with Crippen LogP contribution in [0.5, 0.6) is 5.75 Å². The van der Waals surface area contributed by atoms with Crippen LogP contribution in [-0.2, 0) is 5.88 Å². The summed E-state index contributed by atoms with van der Waals surface area (Å²) in [4.78, 5) is 0. The second-order valence-electron chi connectivity index (χ2n) is 4.82. The van der Waals surface area contributed by atoms with Gasteiger partial charge >= 0.3 is 0 Å². The fourth-order valence-corrected chi connectivity index (χ4v) is 2.68. The Bertz CT molecular complexity index is 805. The highest BCUT2D eigenvalue weighted by Gasteiger charge is 2.06. The zero-order chi connectivity index (χ0) is 14.1. The highest BCUT2D eigenvalue weighted by molar-refractivity contribution is 6.17. The predicted molar refractivity (Wildman–Crippen MR) is 87.7 cm³/mol. The van der Waals surface area contributed by atoms with Crippen LogP contribution in [0.1, 0.15) is 11.1 Å². The van der Waals surface area contributed by atoms with Crippen molar-refractivity contribution in [2.75, 3.05) is 7.11 Å². The van der Waals surface area contributed by atoms with Crippen LogP contribution < -0.4 is 4.74 Å². The van der Waals surface area contributed by atoms with Gasteiger partial charge in [-0.15, -0.1) is 11.6 Å². The number of benzene rings is 3. The minimum Gasteiger partial charge on any atom is -0.496 e. The van der Waals surface area contributed by atoms with Crippen LogP contribution in [0.25, 0.3) is 27.6 Å². The number of halogens is 1. The SMILES string of the molecule is C=Cc1cc(OC)c2cc3cc(CCl)ccc3cc2c1. The lowest BCUT2D eigenvalue weighted by Gasteiger charge is -2.10. The van der Waals surface area contributed by atoms with Crippen LogP contribution in [0.15, 0.2) is 49.0 Å². The van der Waals surface area contributed by atoms with E-state index in [2.05, 4.69) is 43.0 Å². The zero-order valence-corrected chi connectivity index (χ0v) is 12.1. The quantitative estimate of drug-likeness (QED) is 0.463. The standard InChI is InChI=1S/C18H15ClO/c1-3-12-6-16-9-14-5-4-13(11-19)7-15(14)10-17(16)18(8-12)20-2/h3-10H,1,11H2,2H3. The van der Waals surface area contributed by atoms with Gasteiger partial charge in [-0.2, -0.15) is 0 Å². The molecule has 0 heterocycles. The van der Waals surface area contributed by atoms with Crippen molar-refractivity contribution in [1.29, 1.82) is 0 Å². The lowest BCUT2D eigenvalue weighted by molar-refractivity contribution is 0.420. The van der Waals surface area contributed by atoms with Gasteiger partial charge < -0.3 is 4.74 Å². The lowest BCUT2D eigenvalue weighted by Crippen LogP contribution is -1.88. The van der Waals surface area contributed by atoms with E-state index in [9.17, 15) is 0 Å². The minimum absolute atomic E-state index is 0.528. The van der Waals surface area contributed by atoms with Crippen LogP contribution in [-0.4, -0.2) is 7.11 Å². The van der Waals surface area contributed by atoms with E-state index in [1.54, 1.807) is 7.11 Å². The van der Waals surface area contributed by atoms with E-state index in [1.165, 1.54) is 10.8 Å². The molecule has 3 rings (SSSR count). The van der Waals surface area contributed by atoms with Crippen LogP contribution in [0.3, 0.4) is 0 Å². The minimum atomic E-state index is 0.528. The molecule has 0 saturated carbocycles. The molecule has 0 aliphatic carbocycles. The number of rotatable bonds is 3. The molecular formula is C18H15ClO. The van der Waals surface area contributed by atoms with Crippen molar-refractivity contribution in [3.8, 4) is 5.75 Å². The van der Waals surface area contributed by atoms with E-state index in [4.69, 9.17) is 16.3 Å². The zero-order valence-electron chi connectivity index (χ0n) is 11.3. The first-order chi connectivity index (χ1) is 9.75. The van der Waals surface area contributed by atoms with E-state index in [-0.39, 0.29) is 0 Å². The Balaban J connectivity index is 2.37. The summed E-state index contributed by atoms with van der Waals surface area (Å²) < 4.78 is 5.50. The summed E-state index contributed by atoms with van der Waals surface area (Å²) in [6.07, 6.45) is 1.84. The number of methoxy groups -OCH3 is 1. The first-order valence-electron chi connectivity index (χ1n) is 6.48. The average Bonchev–Trinajstić information content (AvgIpc) is 2.51. The van der Waals surface area contributed by atoms with Crippen LogP contribution in [0.4, 0.5) is 0 Å². The molecule has 0 atom stereocenters. The number of hydrogen-bond donors (Lipinski definition) is 0. The summed E-state index contributed by atoms with van der Waals surface area (Å²) in [5.74, 6) is 1.40. The third-order valence-corrected chi connectivity index (χ3v) is 3.88. The van der Waals surface area contributed by atoms with Gasteiger partial charge in [0.15, 0.2) is 0 Å². The monoisotopic (exact) mass is 282 g/mol. The Labute approximate surface area is 123 Å². The molecule has 0 aliphatic rings. The summed E-state index contributed by atoms with van der Waals surface area (Å²) in [6.45, 7) is 3.83. The summed E-state index contributed by atoms with van der Waals surface area (Å²) in [6, 6.07) is 14.8. The molecule has 20 heavy (non-hydrogen) atoms. The van der Waals surface area contributed by atoms with E-state index >= 15 is 0 Å². The molecule has 0 aromatic heterocycles. The van der Waals surface area contributed by atoms with E-state index in [1.807, 2.05) is 12.1 Å². The number of hydrogen-bond acceptors (Lipinski definition) is 1. The molecular weight excluding hydrogens is 268 g/mol. The lowest BCUT2D eigenvalue weighted by atomic mass is 9.99. The van der Waals surface area contributed by atoms with Gasteiger partial charge in [-0.1, -0.05) is 24.8 Å². The van der Waals surface area contributed by atoms with Gasteiger partial charge in [-0.3, -0.25) is 0 Å². The Morgan fingerprint density at radius 2 is 1.90 bits per heavy atom. The fraction of sp³-hybridized carbons (Fsp3) is 0.111. The second-order valence-corrected chi connectivity index (χ2v) is 5.08. The van der Waals surface area contributed by atoms with Gasteiger partial charge in [0.1, 0.15) is 5.75 Å².